The second-order valence-electron chi connectivity index (χ2n) is 3.68. The molecule has 86 valence electrons. The minimum Gasteiger partial charge on any atom is -0.493 e. The number of furan rings is 1. The lowest BCUT2D eigenvalue weighted by Crippen LogP contribution is -1.93. The highest BCUT2D eigenvalue weighted by Crippen LogP contribution is 2.35. The molecule has 3 aromatic rings. The van der Waals surface area contributed by atoms with Gasteiger partial charge in [0.15, 0.2) is 11.5 Å². The van der Waals surface area contributed by atoms with Crippen molar-refractivity contribution in [2.75, 3.05) is 14.2 Å². The van der Waals surface area contributed by atoms with Gasteiger partial charge in [-0.2, -0.15) is 0 Å². The summed E-state index contributed by atoms with van der Waals surface area (Å²) in [6.45, 7) is 0. The van der Waals surface area contributed by atoms with E-state index >= 15 is 0 Å². The topological polar surface area (TPSA) is 44.5 Å². The Morgan fingerprint density at radius 3 is 2.71 bits per heavy atom. The first kappa shape index (κ1) is 9.96. The third kappa shape index (κ3) is 1.41. The molecule has 0 saturated carbocycles. The highest BCUT2D eigenvalue weighted by atomic mass is 16.5. The van der Waals surface area contributed by atoms with Gasteiger partial charge in [-0.15, -0.1) is 0 Å². The predicted molar refractivity (Wildman–Crippen MR) is 64.6 cm³/mol. The number of methoxy groups -OCH3 is 2. The number of ether oxygens (including phenoxy) is 2. The quantitative estimate of drug-likeness (QED) is 0.677. The van der Waals surface area contributed by atoms with Crippen molar-refractivity contribution in [2.24, 2.45) is 0 Å². The lowest BCUT2D eigenvalue weighted by molar-refractivity contribution is 0.358. The van der Waals surface area contributed by atoms with Crippen molar-refractivity contribution in [3.05, 3.63) is 30.5 Å². The van der Waals surface area contributed by atoms with E-state index < -0.39 is 0 Å². The molecule has 0 fully saturated rings. The van der Waals surface area contributed by atoms with E-state index in [1.807, 2.05) is 24.3 Å². The average Bonchev–Trinajstić information content (AvgIpc) is 2.81. The van der Waals surface area contributed by atoms with Gasteiger partial charge in [-0.3, -0.25) is 0 Å². The van der Waals surface area contributed by atoms with Crippen molar-refractivity contribution in [3.8, 4) is 11.5 Å². The first-order valence-corrected chi connectivity index (χ1v) is 5.22. The number of benzene rings is 1. The van der Waals surface area contributed by atoms with Gasteiger partial charge in [0.05, 0.1) is 20.5 Å². The summed E-state index contributed by atoms with van der Waals surface area (Å²) in [6, 6.07) is 7.73. The number of rotatable bonds is 2. The molecule has 17 heavy (non-hydrogen) atoms. The second-order valence-corrected chi connectivity index (χ2v) is 3.68. The summed E-state index contributed by atoms with van der Waals surface area (Å²) in [5, 5.41) is 1.97. The Labute approximate surface area is 97.8 Å². The Morgan fingerprint density at radius 1 is 1.06 bits per heavy atom. The highest BCUT2D eigenvalue weighted by molar-refractivity contribution is 5.95. The highest BCUT2D eigenvalue weighted by Gasteiger charge is 2.11. The fourth-order valence-electron chi connectivity index (χ4n) is 1.94. The summed E-state index contributed by atoms with van der Waals surface area (Å²) in [7, 11) is 3.21. The molecule has 3 rings (SSSR count). The van der Waals surface area contributed by atoms with Crippen molar-refractivity contribution >= 4 is 22.0 Å². The van der Waals surface area contributed by atoms with E-state index in [-0.39, 0.29) is 0 Å². The smallest absolute Gasteiger partial charge is 0.226 e. The van der Waals surface area contributed by atoms with Crippen molar-refractivity contribution in [2.45, 2.75) is 0 Å². The minimum absolute atomic E-state index is 0.601. The molecule has 0 bridgehead atoms. The maximum Gasteiger partial charge on any atom is 0.226 e. The molecule has 4 heteroatoms. The number of hydrogen-bond acceptors (Lipinski definition) is 4. The predicted octanol–water partition coefficient (Wildman–Crippen LogP) is 3.00. The maximum absolute atomic E-state index is 5.35. The molecule has 2 aromatic heterocycles. The Balaban J connectivity index is 2.43. The van der Waals surface area contributed by atoms with Gasteiger partial charge in [-0.1, -0.05) is 0 Å². The standard InChI is InChI=1S/C13H11NO3/c1-15-10-4-3-8-7-9-5-6-17-13(9)14-11(8)12(10)16-2/h3-7H,1-2H3. The Kier molecular flexibility index (Phi) is 2.14. The van der Waals surface area contributed by atoms with Crippen LogP contribution >= 0.6 is 0 Å². The molecule has 0 unspecified atom stereocenters. The van der Waals surface area contributed by atoms with Crippen LogP contribution in [0.4, 0.5) is 0 Å². The zero-order valence-electron chi connectivity index (χ0n) is 9.56. The van der Waals surface area contributed by atoms with Crippen LogP contribution in [0.15, 0.2) is 34.9 Å². The van der Waals surface area contributed by atoms with Crippen LogP contribution in [0.3, 0.4) is 0 Å². The van der Waals surface area contributed by atoms with Gasteiger partial charge < -0.3 is 13.9 Å². The Morgan fingerprint density at radius 2 is 1.94 bits per heavy atom. The fourth-order valence-corrected chi connectivity index (χ4v) is 1.94. The van der Waals surface area contributed by atoms with Crippen LogP contribution in [0.2, 0.25) is 0 Å². The summed E-state index contributed by atoms with van der Waals surface area (Å²) in [6.07, 6.45) is 1.63. The van der Waals surface area contributed by atoms with Gasteiger partial charge in [0.1, 0.15) is 5.52 Å². The monoisotopic (exact) mass is 229 g/mol. The number of pyridine rings is 1. The third-order valence-electron chi connectivity index (χ3n) is 2.75. The molecule has 0 saturated heterocycles. The normalized spacial score (nSPS) is 10.9. The molecule has 0 aliphatic heterocycles. The van der Waals surface area contributed by atoms with Crippen LogP contribution in [-0.2, 0) is 0 Å². The molecule has 2 heterocycles. The second kappa shape index (κ2) is 3.66. The molecule has 0 aliphatic rings. The van der Waals surface area contributed by atoms with Crippen molar-refractivity contribution in [3.63, 3.8) is 0 Å². The van der Waals surface area contributed by atoms with Gasteiger partial charge >= 0.3 is 0 Å². The van der Waals surface area contributed by atoms with E-state index in [1.54, 1.807) is 20.5 Å². The molecule has 4 nitrogen and oxygen atoms in total. The number of hydrogen-bond donors (Lipinski definition) is 0. The Hall–Kier alpha value is -2.23. The molecule has 0 radical (unpaired) electrons. The zero-order chi connectivity index (χ0) is 11.8. The zero-order valence-corrected chi connectivity index (χ0v) is 9.56. The van der Waals surface area contributed by atoms with Crippen molar-refractivity contribution < 1.29 is 13.9 Å². The van der Waals surface area contributed by atoms with Crippen LogP contribution in [-0.4, -0.2) is 19.2 Å². The molecule has 0 amide bonds. The molecule has 1 aromatic carbocycles. The van der Waals surface area contributed by atoms with Gasteiger partial charge in [0, 0.05) is 10.8 Å². The molecular formula is C13H11NO3. The van der Waals surface area contributed by atoms with E-state index in [1.165, 1.54) is 0 Å². The SMILES string of the molecule is COc1ccc2cc3ccoc3nc2c1OC. The molecule has 0 spiro atoms. The van der Waals surface area contributed by atoms with Crippen LogP contribution in [0.25, 0.3) is 22.0 Å². The van der Waals surface area contributed by atoms with E-state index in [0.29, 0.717) is 17.2 Å². The number of fused-ring (bicyclic) bond motifs is 2. The minimum atomic E-state index is 0.601. The van der Waals surface area contributed by atoms with Gasteiger partial charge in [-0.25, -0.2) is 4.98 Å². The van der Waals surface area contributed by atoms with Gasteiger partial charge in [0.2, 0.25) is 5.71 Å². The fraction of sp³-hybridized carbons (Fsp3) is 0.154. The number of aromatic nitrogens is 1. The van der Waals surface area contributed by atoms with Crippen LogP contribution < -0.4 is 9.47 Å². The summed E-state index contributed by atoms with van der Waals surface area (Å²) in [5.41, 5.74) is 1.35. The maximum atomic E-state index is 5.35. The van der Waals surface area contributed by atoms with E-state index in [0.717, 1.165) is 16.3 Å². The molecule has 0 N–H and O–H groups in total. The Bertz CT molecular complexity index is 688. The van der Waals surface area contributed by atoms with E-state index in [2.05, 4.69) is 4.98 Å². The van der Waals surface area contributed by atoms with E-state index in [9.17, 15) is 0 Å². The summed E-state index contributed by atoms with van der Waals surface area (Å²) in [5.74, 6) is 1.29. The lowest BCUT2D eigenvalue weighted by Gasteiger charge is -2.09. The van der Waals surface area contributed by atoms with Crippen molar-refractivity contribution in [1.29, 1.82) is 0 Å². The first-order valence-electron chi connectivity index (χ1n) is 5.22. The third-order valence-corrected chi connectivity index (χ3v) is 2.75. The average molecular weight is 229 g/mol. The van der Waals surface area contributed by atoms with Crippen LogP contribution in [0, 0.1) is 0 Å². The van der Waals surface area contributed by atoms with Crippen LogP contribution in [0.1, 0.15) is 0 Å². The van der Waals surface area contributed by atoms with Crippen LogP contribution in [0.5, 0.6) is 11.5 Å². The van der Waals surface area contributed by atoms with E-state index in [4.69, 9.17) is 13.9 Å². The first-order chi connectivity index (χ1) is 8.33. The van der Waals surface area contributed by atoms with Gasteiger partial charge in [0.25, 0.3) is 0 Å². The summed E-state index contributed by atoms with van der Waals surface area (Å²) in [4.78, 5) is 4.45. The van der Waals surface area contributed by atoms with Gasteiger partial charge in [-0.05, 0) is 24.3 Å². The molecule has 0 aliphatic carbocycles. The lowest BCUT2D eigenvalue weighted by atomic mass is 10.1. The largest absolute Gasteiger partial charge is 0.493 e. The van der Waals surface area contributed by atoms with Crippen molar-refractivity contribution in [1.82, 2.24) is 4.98 Å². The summed E-state index contributed by atoms with van der Waals surface area (Å²) >= 11 is 0. The number of nitrogens with zero attached hydrogens (tertiary/aromatic N) is 1. The summed E-state index contributed by atoms with van der Waals surface area (Å²) < 4.78 is 15.9. The molecule has 0 atom stereocenters. The molecular weight excluding hydrogens is 218 g/mol.